The Morgan fingerprint density at radius 3 is 2.47 bits per heavy atom. The molecular weight excluding hydrogens is 214 g/mol. The summed E-state index contributed by atoms with van der Waals surface area (Å²) < 4.78 is 0. The van der Waals surface area contributed by atoms with Gasteiger partial charge in [0, 0.05) is 12.6 Å². The van der Waals surface area contributed by atoms with Crippen molar-refractivity contribution >= 4 is 5.91 Å². The van der Waals surface area contributed by atoms with Crippen LogP contribution in [0.15, 0.2) is 36.5 Å². The van der Waals surface area contributed by atoms with Crippen molar-refractivity contribution in [3.63, 3.8) is 0 Å². The first-order valence-corrected chi connectivity index (χ1v) is 5.90. The Balaban J connectivity index is 3.73. The van der Waals surface area contributed by atoms with Gasteiger partial charge in [0.15, 0.2) is 0 Å². The van der Waals surface area contributed by atoms with Gasteiger partial charge < -0.3 is 10.4 Å². The largest absolute Gasteiger partial charge is 0.389 e. The van der Waals surface area contributed by atoms with Crippen molar-refractivity contribution in [1.29, 1.82) is 0 Å². The number of unbranched alkanes of at least 4 members (excludes halogenated alkanes) is 1. The molecular formula is C14H23NO2. The summed E-state index contributed by atoms with van der Waals surface area (Å²) in [5.74, 6) is -0.190. The van der Waals surface area contributed by atoms with Crippen LogP contribution in [-0.4, -0.2) is 23.2 Å². The topological polar surface area (TPSA) is 49.3 Å². The van der Waals surface area contributed by atoms with Gasteiger partial charge in [-0.1, -0.05) is 30.4 Å². The molecule has 0 aromatic carbocycles. The monoisotopic (exact) mass is 237 g/mol. The molecule has 0 fully saturated rings. The van der Waals surface area contributed by atoms with Crippen LogP contribution in [-0.2, 0) is 4.79 Å². The van der Waals surface area contributed by atoms with E-state index in [1.54, 1.807) is 19.9 Å². The Morgan fingerprint density at radius 1 is 1.24 bits per heavy atom. The van der Waals surface area contributed by atoms with E-state index in [0.717, 1.165) is 12.8 Å². The highest BCUT2D eigenvalue weighted by atomic mass is 16.3. The van der Waals surface area contributed by atoms with Gasteiger partial charge in [0.05, 0.1) is 5.60 Å². The summed E-state index contributed by atoms with van der Waals surface area (Å²) in [6, 6.07) is 0. The standard InChI is InChI=1S/C14H23NO2/c1-4-5-6-7-8-9-10-11-13(16)15-12-14(2,3)17/h4-5,8-11,17H,6-7,12H2,1-3H3,(H,15,16)/b5-4-,9-8+,11-10+. The minimum atomic E-state index is -0.869. The maximum absolute atomic E-state index is 11.3. The zero-order valence-corrected chi connectivity index (χ0v) is 10.9. The number of hydrogen-bond donors (Lipinski definition) is 2. The molecule has 17 heavy (non-hydrogen) atoms. The van der Waals surface area contributed by atoms with Gasteiger partial charge in [-0.3, -0.25) is 4.79 Å². The Morgan fingerprint density at radius 2 is 1.88 bits per heavy atom. The van der Waals surface area contributed by atoms with E-state index in [1.807, 2.05) is 25.2 Å². The van der Waals surface area contributed by atoms with Crippen LogP contribution >= 0.6 is 0 Å². The van der Waals surface area contributed by atoms with Gasteiger partial charge >= 0.3 is 0 Å². The Labute approximate surface area is 104 Å². The molecule has 2 N–H and O–H groups in total. The van der Waals surface area contributed by atoms with Gasteiger partial charge in [0.2, 0.25) is 5.91 Å². The van der Waals surface area contributed by atoms with Crippen LogP contribution in [0.25, 0.3) is 0 Å². The maximum Gasteiger partial charge on any atom is 0.244 e. The molecule has 0 saturated heterocycles. The highest BCUT2D eigenvalue weighted by Crippen LogP contribution is 1.97. The number of rotatable bonds is 7. The summed E-state index contributed by atoms with van der Waals surface area (Å²) in [5.41, 5.74) is -0.869. The molecule has 0 aliphatic carbocycles. The van der Waals surface area contributed by atoms with Crippen molar-refractivity contribution in [2.24, 2.45) is 0 Å². The fourth-order valence-electron chi connectivity index (χ4n) is 1.04. The predicted molar refractivity (Wildman–Crippen MR) is 71.6 cm³/mol. The van der Waals surface area contributed by atoms with Crippen molar-refractivity contribution in [3.8, 4) is 0 Å². The van der Waals surface area contributed by atoms with Crippen molar-refractivity contribution in [1.82, 2.24) is 5.32 Å². The first-order valence-electron chi connectivity index (χ1n) is 5.90. The van der Waals surface area contributed by atoms with E-state index in [-0.39, 0.29) is 12.5 Å². The summed E-state index contributed by atoms with van der Waals surface area (Å²) in [7, 11) is 0. The molecule has 3 heteroatoms. The molecule has 0 unspecified atom stereocenters. The third kappa shape index (κ3) is 12.6. The fourth-order valence-corrected chi connectivity index (χ4v) is 1.04. The fraction of sp³-hybridized carbons (Fsp3) is 0.500. The van der Waals surface area contributed by atoms with Gasteiger partial charge in [0.1, 0.15) is 0 Å². The summed E-state index contributed by atoms with van der Waals surface area (Å²) in [5, 5.41) is 12.0. The molecule has 0 aromatic heterocycles. The lowest BCUT2D eigenvalue weighted by atomic mass is 10.1. The maximum atomic E-state index is 11.3. The quantitative estimate of drug-likeness (QED) is 0.309. The number of aliphatic hydroxyl groups is 1. The van der Waals surface area contributed by atoms with Crippen LogP contribution in [0.4, 0.5) is 0 Å². The number of nitrogens with one attached hydrogen (secondary N) is 1. The van der Waals surface area contributed by atoms with Gasteiger partial charge in [-0.25, -0.2) is 0 Å². The molecule has 0 heterocycles. The summed E-state index contributed by atoms with van der Waals surface area (Å²) >= 11 is 0. The van der Waals surface area contributed by atoms with E-state index in [1.165, 1.54) is 6.08 Å². The highest BCUT2D eigenvalue weighted by Gasteiger charge is 2.12. The zero-order chi connectivity index (χ0) is 13.1. The molecule has 0 saturated carbocycles. The van der Waals surface area contributed by atoms with Crippen molar-refractivity contribution in [3.05, 3.63) is 36.5 Å². The van der Waals surface area contributed by atoms with Gasteiger partial charge in [-0.2, -0.15) is 0 Å². The molecule has 0 bridgehead atoms. The molecule has 0 aliphatic heterocycles. The van der Waals surface area contributed by atoms with E-state index in [2.05, 4.69) is 11.4 Å². The lowest BCUT2D eigenvalue weighted by molar-refractivity contribution is -0.117. The average Bonchev–Trinajstić information content (AvgIpc) is 2.24. The minimum Gasteiger partial charge on any atom is -0.389 e. The molecule has 0 radical (unpaired) electrons. The summed E-state index contributed by atoms with van der Waals surface area (Å²) in [4.78, 5) is 11.3. The first kappa shape index (κ1) is 15.7. The lowest BCUT2D eigenvalue weighted by Crippen LogP contribution is -2.37. The number of carbonyl (C=O) groups is 1. The predicted octanol–water partition coefficient (Wildman–Crippen LogP) is 2.34. The molecule has 1 amide bonds. The van der Waals surface area contributed by atoms with Crippen LogP contribution < -0.4 is 5.32 Å². The van der Waals surface area contributed by atoms with Gasteiger partial charge in [0.25, 0.3) is 0 Å². The lowest BCUT2D eigenvalue weighted by Gasteiger charge is -2.16. The van der Waals surface area contributed by atoms with Crippen molar-refractivity contribution in [2.45, 2.75) is 39.2 Å². The number of hydrogen-bond acceptors (Lipinski definition) is 2. The van der Waals surface area contributed by atoms with E-state index in [0.29, 0.717) is 0 Å². The number of carbonyl (C=O) groups excluding carboxylic acids is 1. The van der Waals surface area contributed by atoms with E-state index >= 15 is 0 Å². The molecule has 3 nitrogen and oxygen atoms in total. The molecule has 0 aliphatic rings. The average molecular weight is 237 g/mol. The van der Waals surface area contributed by atoms with Crippen molar-refractivity contribution in [2.75, 3.05) is 6.54 Å². The van der Waals surface area contributed by atoms with E-state index in [4.69, 9.17) is 0 Å². The van der Waals surface area contributed by atoms with Crippen LogP contribution in [0.5, 0.6) is 0 Å². The Kier molecular flexibility index (Phi) is 8.07. The molecule has 0 rings (SSSR count). The second kappa shape index (κ2) is 8.76. The number of amides is 1. The second-order valence-electron chi connectivity index (χ2n) is 4.46. The smallest absolute Gasteiger partial charge is 0.244 e. The third-order valence-corrected chi connectivity index (χ3v) is 1.93. The zero-order valence-electron chi connectivity index (χ0n) is 10.9. The Hall–Kier alpha value is -1.35. The summed E-state index contributed by atoms with van der Waals surface area (Å²) in [6.45, 7) is 5.55. The van der Waals surface area contributed by atoms with E-state index < -0.39 is 5.60 Å². The molecule has 0 aromatic rings. The number of allylic oxidation sites excluding steroid dienone is 5. The van der Waals surface area contributed by atoms with Crippen LogP contribution in [0, 0.1) is 0 Å². The minimum absolute atomic E-state index is 0.190. The van der Waals surface area contributed by atoms with E-state index in [9.17, 15) is 9.90 Å². The normalized spacial score (nSPS) is 12.9. The third-order valence-electron chi connectivity index (χ3n) is 1.93. The van der Waals surface area contributed by atoms with Gasteiger partial charge in [-0.15, -0.1) is 0 Å². The summed E-state index contributed by atoms with van der Waals surface area (Å²) in [6.07, 6.45) is 13.1. The van der Waals surface area contributed by atoms with Crippen molar-refractivity contribution < 1.29 is 9.90 Å². The molecule has 0 spiro atoms. The molecule has 0 atom stereocenters. The highest BCUT2D eigenvalue weighted by molar-refractivity contribution is 5.87. The molecule has 96 valence electrons. The van der Waals surface area contributed by atoms with Crippen LogP contribution in [0.1, 0.15) is 33.6 Å². The van der Waals surface area contributed by atoms with Crippen LogP contribution in [0.3, 0.4) is 0 Å². The van der Waals surface area contributed by atoms with Gasteiger partial charge in [-0.05, 0) is 33.6 Å². The Bertz CT molecular complexity index is 296. The first-order chi connectivity index (χ1) is 7.95. The van der Waals surface area contributed by atoms with Crippen LogP contribution in [0.2, 0.25) is 0 Å². The second-order valence-corrected chi connectivity index (χ2v) is 4.46. The SMILES string of the molecule is C/C=C\CC/C=C/C=C/C(=O)NCC(C)(C)O.